The lowest BCUT2D eigenvalue weighted by Gasteiger charge is -2.34. The van der Waals surface area contributed by atoms with Crippen LogP contribution in [-0.4, -0.2) is 82.8 Å². The number of methoxy groups -OCH3 is 1. The van der Waals surface area contributed by atoms with Gasteiger partial charge in [-0.15, -0.1) is 5.06 Å². The summed E-state index contributed by atoms with van der Waals surface area (Å²) in [6.07, 6.45) is 6.90. The molecule has 43 heavy (non-hydrogen) atoms. The zero-order chi connectivity index (χ0) is 30.4. The molecular formula is C30H41N7O6. The van der Waals surface area contributed by atoms with Crippen LogP contribution in [0.2, 0.25) is 0 Å². The maximum Gasteiger partial charge on any atom is 0.528 e. The van der Waals surface area contributed by atoms with Gasteiger partial charge in [0.05, 0.1) is 44.8 Å². The molecule has 3 aromatic heterocycles. The molecule has 0 atom stereocenters. The first kappa shape index (κ1) is 30.6. The number of nitrogens with one attached hydrogen (secondary N) is 1. The number of carbonyl (C=O) groups excluding carboxylic acids is 1. The van der Waals surface area contributed by atoms with Crippen molar-refractivity contribution in [1.29, 1.82) is 0 Å². The van der Waals surface area contributed by atoms with E-state index in [1.54, 1.807) is 45.3 Å². The molecule has 13 nitrogen and oxygen atoms in total. The van der Waals surface area contributed by atoms with Crippen LogP contribution in [0, 0.1) is 0 Å². The molecule has 1 aliphatic carbocycles. The molecule has 0 bridgehead atoms. The molecule has 2 aliphatic rings. The molecule has 0 unspecified atom stereocenters. The van der Waals surface area contributed by atoms with Gasteiger partial charge in [-0.05, 0) is 51.8 Å². The largest absolute Gasteiger partial charge is 0.528 e. The summed E-state index contributed by atoms with van der Waals surface area (Å²) in [5.41, 5.74) is 1.49. The van der Waals surface area contributed by atoms with Crippen molar-refractivity contribution in [3.63, 3.8) is 0 Å². The highest BCUT2D eigenvalue weighted by atomic mass is 16.8. The number of hydrogen-bond donors (Lipinski definition) is 1. The highest BCUT2D eigenvalue weighted by molar-refractivity contribution is 5.76. The Morgan fingerprint density at radius 3 is 2.49 bits per heavy atom. The van der Waals surface area contributed by atoms with E-state index in [-0.39, 0.29) is 18.2 Å². The number of nitrogens with zero attached hydrogens (tertiary/aromatic N) is 6. The predicted molar refractivity (Wildman–Crippen MR) is 161 cm³/mol. The zero-order valence-corrected chi connectivity index (χ0v) is 25.4. The Labute approximate surface area is 251 Å². The van der Waals surface area contributed by atoms with Gasteiger partial charge < -0.3 is 29.3 Å². The molecule has 0 spiro atoms. The first-order chi connectivity index (χ1) is 20.7. The number of fused-ring (bicyclic) bond motifs is 1. The SMILES string of the molecule is COCCOCc1cc2cnc(Nc3ccc(N4CCN(OC(=O)OC(C)(C)C)CC4)cn3)nc2n(C2CCCC2)c1=O. The van der Waals surface area contributed by atoms with Crippen molar-refractivity contribution in [2.75, 3.05) is 56.7 Å². The van der Waals surface area contributed by atoms with Crippen molar-refractivity contribution in [3.05, 3.63) is 46.5 Å². The fourth-order valence-corrected chi connectivity index (χ4v) is 5.34. The maximum absolute atomic E-state index is 13.5. The van der Waals surface area contributed by atoms with E-state index in [4.69, 9.17) is 24.0 Å². The Morgan fingerprint density at radius 2 is 1.81 bits per heavy atom. The topological polar surface area (TPSA) is 133 Å². The minimum absolute atomic E-state index is 0.0689. The number of anilines is 3. The van der Waals surface area contributed by atoms with Gasteiger partial charge in [-0.2, -0.15) is 4.98 Å². The molecule has 1 saturated carbocycles. The predicted octanol–water partition coefficient (Wildman–Crippen LogP) is 4.20. The van der Waals surface area contributed by atoms with Crippen molar-refractivity contribution in [1.82, 2.24) is 24.6 Å². The first-order valence-electron chi connectivity index (χ1n) is 14.8. The summed E-state index contributed by atoms with van der Waals surface area (Å²) in [6, 6.07) is 5.77. The average molecular weight is 596 g/mol. The van der Waals surface area contributed by atoms with Crippen LogP contribution < -0.4 is 15.8 Å². The maximum atomic E-state index is 13.5. The normalized spacial score (nSPS) is 16.5. The lowest BCUT2D eigenvalue weighted by Crippen LogP contribution is -2.47. The van der Waals surface area contributed by atoms with E-state index in [0.29, 0.717) is 62.4 Å². The summed E-state index contributed by atoms with van der Waals surface area (Å²) in [4.78, 5) is 46.8. The molecule has 1 N–H and O–H groups in total. The Bertz CT molecular complexity index is 1440. The first-order valence-corrected chi connectivity index (χ1v) is 14.8. The van der Waals surface area contributed by atoms with Gasteiger partial charge in [0.2, 0.25) is 5.95 Å². The van der Waals surface area contributed by atoms with Crippen LogP contribution in [-0.2, 0) is 25.7 Å². The van der Waals surface area contributed by atoms with E-state index in [9.17, 15) is 9.59 Å². The van der Waals surface area contributed by atoms with Crippen LogP contribution in [0.25, 0.3) is 11.0 Å². The lowest BCUT2D eigenvalue weighted by atomic mass is 10.1. The van der Waals surface area contributed by atoms with Gasteiger partial charge in [-0.1, -0.05) is 12.8 Å². The second-order valence-electron chi connectivity index (χ2n) is 11.8. The third-order valence-corrected chi connectivity index (χ3v) is 7.41. The van der Waals surface area contributed by atoms with E-state index in [2.05, 4.69) is 20.2 Å². The van der Waals surface area contributed by atoms with E-state index in [0.717, 1.165) is 36.8 Å². The molecule has 0 aromatic carbocycles. The summed E-state index contributed by atoms with van der Waals surface area (Å²) in [5.74, 6) is 0.962. The van der Waals surface area contributed by atoms with Gasteiger partial charge in [0.25, 0.3) is 5.56 Å². The van der Waals surface area contributed by atoms with Crippen LogP contribution in [0.1, 0.15) is 58.1 Å². The fraction of sp³-hybridized carbons (Fsp3) is 0.567. The molecule has 4 heterocycles. The Hall–Kier alpha value is -3.81. The second-order valence-corrected chi connectivity index (χ2v) is 11.8. The van der Waals surface area contributed by atoms with Crippen LogP contribution in [0.15, 0.2) is 35.4 Å². The highest BCUT2D eigenvalue weighted by Gasteiger charge is 2.25. The van der Waals surface area contributed by atoms with Crippen LogP contribution >= 0.6 is 0 Å². The average Bonchev–Trinajstić information content (AvgIpc) is 3.50. The van der Waals surface area contributed by atoms with E-state index >= 15 is 0 Å². The van der Waals surface area contributed by atoms with E-state index < -0.39 is 11.8 Å². The van der Waals surface area contributed by atoms with Gasteiger partial charge >= 0.3 is 6.16 Å². The molecule has 1 aliphatic heterocycles. The molecule has 13 heteroatoms. The third kappa shape index (κ3) is 7.98. The monoisotopic (exact) mass is 595 g/mol. The third-order valence-electron chi connectivity index (χ3n) is 7.41. The molecule has 2 fully saturated rings. The second kappa shape index (κ2) is 13.7. The number of piperazine rings is 1. The zero-order valence-electron chi connectivity index (χ0n) is 25.4. The molecule has 232 valence electrons. The van der Waals surface area contributed by atoms with Crippen LogP contribution in [0.3, 0.4) is 0 Å². The van der Waals surface area contributed by atoms with E-state index in [1.165, 1.54) is 0 Å². The van der Waals surface area contributed by atoms with Crippen LogP contribution in [0.4, 0.5) is 22.2 Å². The summed E-state index contributed by atoms with van der Waals surface area (Å²) >= 11 is 0. The summed E-state index contributed by atoms with van der Waals surface area (Å²) in [6.45, 7) is 8.95. The van der Waals surface area contributed by atoms with Gasteiger partial charge in [-0.3, -0.25) is 9.36 Å². The van der Waals surface area contributed by atoms with E-state index in [1.807, 2.05) is 22.8 Å². The van der Waals surface area contributed by atoms with Crippen molar-refractivity contribution in [3.8, 4) is 0 Å². The smallest absolute Gasteiger partial charge is 0.427 e. The number of hydrogen-bond acceptors (Lipinski definition) is 12. The minimum Gasteiger partial charge on any atom is -0.427 e. The van der Waals surface area contributed by atoms with Crippen molar-refractivity contribution < 1.29 is 23.8 Å². The Kier molecular flexibility index (Phi) is 9.73. The number of ether oxygens (including phenoxy) is 3. The van der Waals surface area contributed by atoms with Crippen molar-refractivity contribution in [2.45, 2.75) is 64.7 Å². The summed E-state index contributed by atoms with van der Waals surface area (Å²) < 4.78 is 17.8. The number of hydroxylamine groups is 2. The number of carbonyl (C=O) groups is 1. The molecular weight excluding hydrogens is 554 g/mol. The molecule has 0 radical (unpaired) electrons. The number of aromatic nitrogens is 4. The fourth-order valence-electron chi connectivity index (χ4n) is 5.34. The summed E-state index contributed by atoms with van der Waals surface area (Å²) in [5, 5.41) is 5.60. The molecule has 3 aromatic rings. The van der Waals surface area contributed by atoms with Crippen molar-refractivity contribution in [2.24, 2.45) is 0 Å². The standard InChI is InChI=1S/C30H41N7O6/c1-30(2,3)42-29(39)43-36-13-11-35(12-14-36)24-9-10-25(31-19-24)33-28-32-18-21-17-22(20-41-16-15-40-4)27(38)37(26(21)34-28)23-7-5-6-8-23/h9-10,17-19,23H,5-8,11-16,20H2,1-4H3,(H,31,32,33,34). The highest BCUT2D eigenvalue weighted by Crippen LogP contribution is 2.31. The minimum atomic E-state index is -0.693. The molecule has 0 amide bonds. The van der Waals surface area contributed by atoms with Gasteiger partial charge in [-0.25, -0.2) is 14.8 Å². The summed E-state index contributed by atoms with van der Waals surface area (Å²) in [7, 11) is 1.62. The van der Waals surface area contributed by atoms with Crippen molar-refractivity contribution >= 4 is 34.6 Å². The Morgan fingerprint density at radius 1 is 1.05 bits per heavy atom. The Balaban J connectivity index is 1.25. The molecule has 1 saturated heterocycles. The van der Waals surface area contributed by atoms with Gasteiger partial charge in [0, 0.05) is 43.4 Å². The lowest BCUT2D eigenvalue weighted by molar-refractivity contribution is -0.144. The van der Waals surface area contributed by atoms with Gasteiger partial charge in [0.15, 0.2) is 0 Å². The van der Waals surface area contributed by atoms with Gasteiger partial charge in [0.1, 0.15) is 17.1 Å². The quantitative estimate of drug-likeness (QED) is 0.266. The molecule has 5 rings (SSSR count). The number of rotatable bonds is 10. The number of pyridine rings is 2. The van der Waals surface area contributed by atoms with Crippen LogP contribution in [0.5, 0.6) is 0 Å².